The van der Waals surface area contributed by atoms with Gasteiger partial charge in [-0.25, -0.2) is 4.98 Å². The Bertz CT molecular complexity index is 1300. The number of hydrogen-bond acceptors (Lipinski definition) is 4. The van der Waals surface area contributed by atoms with Crippen molar-refractivity contribution in [2.24, 2.45) is 0 Å². The normalized spacial score (nSPS) is 16.6. The molecule has 5 rings (SSSR count). The lowest BCUT2D eigenvalue weighted by atomic mass is 9.97. The highest BCUT2D eigenvalue weighted by Crippen LogP contribution is 2.32. The van der Waals surface area contributed by atoms with Gasteiger partial charge in [0.2, 0.25) is 0 Å². The number of pyridine rings is 1. The molecule has 1 aromatic heterocycles. The fourth-order valence-corrected chi connectivity index (χ4v) is 5.15. The van der Waals surface area contributed by atoms with Crippen molar-refractivity contribution in [3.05, 3.63) is 77.4 Å². The van der Waals surface area contributed by atoms with Crippen LogP contribution in [0, 0.1) is 0 Å². The van der Waals surface area contributed by atoms with Crippen molar-refractivity contribution >= 4 is 28.3 Å². The number of aromatic nitrogens is 1. The Morgan fingerprint density at radius 2 is 1.73 bits per heavy atom. The molecule has 0 saturated carbocycles. The number of alkyl halides is 3. The van der Waals surface area contributed by atoms with E-state index in [1.165, 1.54) is 30.5 Å². The molecule has 5 nitrogen and oxygen atoms in total. The monoisotopic (exact) mass is 508 g/mol. The average molecular weight is 509 g/mol. The largest absolute Gasteiger partial charge is 0.416 e. The number of nitrogens with zero attached hydrogens (tertiary/aromatic N) is 3. The first-order valence-electron chi connectivity index (χ1n) is 12.9. The second kappa shape index (κ2) is 10.8. The maximum absolute atomic E-state index is 13.2. The first kappa shape index (κ1) is 25.1. The first-order valence-corrected chi connectivity index (χ1v) is 12.9. The Hall–Kier alpha value is -3.55. The zero-order chi connectivity index (χ0) is 25.8. The molecule has 0 spiro atoms. The SMILES string of the molecule is O=C(NCCC1=CCCCC1)c1cc(N2CCN(c3cccc(C(F)(F)F)c3)CC2)nc2ccccc12. The van der Waals surface area contributed by atoms with E-state index in [1.54, 1.807) is 6.07 Å². The molecule has 3 aromatic rings. The number of allylic oxidation sites excluding steroid dienone is 1. The number of hydrogen-bond donors (Lipinski definition) is 1. The summed E-state index contributed by atoms with van der Waals surface area (Å²) in [6.45, 7) is 2.92. The van der Waals surface area contributed by atoms with E-state index in [2.05, 4.69) is 16.3 Å². The van der Waals surface area contributed by atoms with Crippen LogP contribution in [-0.2, 0) is 6.18 Å². The summed E-state index contributed by atoms with van der Waals surface area (Å²) in [6, 6.07) is 14.9. The molecule has 2 heterocycles. The van der Waals surface area contributed by atoms with E-state index in [1.807, 2.05) is 35.2 Å². The summed E-state index contributed by atoms with van der Waals surface area (Å²) >= 11 is 0. The number of nitrogens with one attached hydrogen (secondary N) is 1. The van der Waals surface area contributed by atoms with Crippen LogP contribution in [0.4, 0.5) is 24.7 Å². The minimum atomic E-state index is -4.36. The van der Waals surface area contributed by atoms with Gasteiger partial charge >= 0.3 is 6.18 Å². The van der Waals surface area contributed by atoms with E-state index in [9.17, 15) is 18.0 Å². The van der Waals surface area contributed by atoms with E-state index in [4.69, 9.17) is 4.98 Å². The van der Waals surface area contributed by atoms with Crippen LogP contribution in [0.3, 0.4) is 0 Å². The van der Waals surface area contributed by atoms with Crippen LogP contribution in [-0.4, -0.2) is 43.6 Å². The predicted octanol–water partition coefficient (Wildman–Crippen LogP) is 6.20. The smallest absolute Gasteiger partial charge is 0.368 e. The van der Waals surface area contributed by atoms with Crippen molar-refractivity contribution in [3.8, 4) is 0 Å². The molecular weight excluding hydrogens is 477 g/mol. The Morgan fingerprint density at radius 1 is 0.946 bits per heavy atom. The molecule has 1 aliphatic heterocycles. The van der Waals surface area contributed by atoms with Gasteiger partial charge in [-0.1, -0.05) is 35.9 Å². The molecule has 194 valence electrons. The number of rotatable bonds is 6. The number of halogens is 3. The summed E-state index contributed by atoms with van der Waals surface area (Å²) in [7, 11) is 0. The zero-order valence-corrected chi connectivity index (χ0v) is 20.7. The number of amides is 1. The van der Waals surface area contributed by atoms with Gasteiger partial charge in [-0.15, -0.1) is 0 Å². The molecule has 2 aliphatic rings. The molecule has 1 aliphatic carbocycles. The highest BCUT2D eigenvalue weighted by atomic mass is 19.4. The topological polar surface area (TPSA) is 48.5 Å². The molecule has 2 aromatic carbocycles. The van der Waals surface area contributed by atoms with Crippen molar-refractivity contribution in [2.75, 3.05) is 42.5 Å². The van der Waals surface area contributed by atoms with Crippen LogP contribution in [0.15, 0.2) is 66.2 Å². The highest BCUT2D eigenvalue weighted by Gasteiger charge is 2.31. The summed E-state index contributed by atoms with van der Waals surface area (Å²) < 4.78 is 39.5. The van der Waals surface area contributed by atoms with Crippen molar-refractivity contribution in [1.29, 1.82) is 0 Å². The van der Waals surface area contributed by atoms with Gasteiger partial charge in [0.25, 0.3) is 5.91 Å². The summed E-state index contributed by atoms with van der Waals surface area (Å²) in [5.74, 6) is 0.599. The van der Waals surface area contributed by atoms with Crippen LogP contribution < -0.4 is 15.1 Å². The molecular formula is C29H31F3N4O. The fourth-order valence-electron chi connectivity index (χ4n) is 5.15. The van der Waals surface area contributed by atoms with E-state index in [0.29, 0.717) is 49.8 Å². The van der Waals surface area contributed by atoms with Gasteiger partial charge in [0.1, 0.15) is 5.82 Å². The molecule has 0 bridgehead atoms. The third kappa shape index (κ3) is 5.89. The van der Waals surface area contributed by atoms with E-state index in [-0.39, 0.29) is 5.91 Å². The molecule has 37 heavy (non-hydrogen) atoms. The minimum Gasteiger partial charge on any atom is -0.368 e. The highest BCUT2D eigenvalue weighted by molar-refractivity contribution is 6.07. The number of benzene rings is 2. The predicted molar refractivity (Wildman–Crippen MR) is 141 cm³/mol. The van der Waals surface area contributed by atoms with Gasteiger partial charge in [-0.2, -0.15) is 13.2 Å². The zero-order valence-electron chi connectivity index (χ0n) is 20.7. The van der Waals surface area contributed by atoms with Crippen LogP contribution in [0.2, 0.25) is 0 Å². The fraction of sp³-hybridized carbons (Fsp3) is 0.379. The Morgan fingerprint density at radius 3 is 2.49 bits per heavy atom. The lowest BCUT2D eigenvalue weighted by molar-refractivity contribution is -0.137. The molecule has 1 fully saturated rings. The van der Waals surface area contributed by atoms with Crippen molar-refractivity contribution in [2.45, 2.75) is 38.3 Å². The third-order valence-electron chi connectivity index (χ3n) is 7.21. The number of carbonyl (C=O) groups excluding carboxylic acids is 1. The molecule has 0 radical (unpaired) electrons. The quantitative estimate of drug-likeness (QED) is 0.403. The lowest BCUT2D eigenvalue weighted by Crippen LogP contribution is -2.47. The van der Waals surface area contributed by atoms with Crippen LogP contribution >= 0.6 is 0 Å². The summed E-state index contributed by atoms with van der Waals surface area (Å²) in [4.78, 5) is 22.1. The molecule has 1 amide bonds. The second-order valence-electron chi connectivity index (χ2n) is 9.68. The van der Waals surface area contributed by atoms with E-state index < -0.39 is 11.7 Å². The molecule has 8 heteroatoms. The van der Waals surface area contributed by atoms with Crippen molar-refractivity contribution < 1.29 is 18.0 Å². The van der Waals surface area contributed by atoms with Gasteiger partial charge in [-0.3, -0.25) is 4.79 Å². The first-order chi connectivity index (χ1) is 17.9. The molecule has 1 N–H and O–H groups in total. The summed E-state index contributed by atoms with van der Waals surface area (Å²) in [5, 5.41) is 3.90. The number of anilines is 2. The van der Waals surface area contributed by atoms with E-state index >= 15 is 0 Å². The number of piperazine rings is 1. The van der Waals surface area contributed by atoms with Gasteiger partial charge in [0.05, 0.1) is 16.6 Å². The average Bonchev–Trinajstić information content (AvgIpc) is 2.92. The van der Waals surface area contributed by atoms with Gasteiger partial charge in [-0.05, 0) is 62.4 Å². The lowest BCUT2D eigenvalue weighted by Gasteiger charge is -2.37. The van der Waals surface area contributed by atoms with Crippen molar-refractivity contribution in [1.82, 2.24) is 10.3 Å². The maximum Gasteiger partial charge on any atom is 0.416 e. The van der Waals surface area contributed by atoms with Gasteiger partial charge < -0.3 is 15.1 Å². The van der Waals surface area contributed by atoms with Crippen LogP contribution in [0.1, 0.15) is 48.0 Å². The van der Waals surface area contributed by atoms with Crippen LogP contribution in [0.5, 0.6) is 0 Å². The Labute approximate surface area is 215 Å². The molecule has 0 atom stereocenters. The van der Waals surface area contributed by atoms with Gasteiger partial charge in [0.15, 0.2) is 0 Å². The van der Waals surface area contributed by atoms with Gasteiger partial charge in [0, 0.05) is 43.8 Å². The summed E-state index contributed by atoms with van der Waals surface area (Å²) in [5.41, 5.74) is 2.69. The number of para-hydroxylation sites is 1. The molecule has 0 unspecified atom stereocenters. The Kier molecular flexibility index (Phi) is 7.35. The van der Waals surface area contributed by atoms with Crippen molar-refractivity contribution in [3.63, 3.8) is 0 Å². The van der Waals surface area contributed by atoms with Crippen LogP contribution in [0.25, 0.3) is 10.9 Å². The summed E-state index contributed by atoms with van der Waals surface area (Å²) in [6.07, 6.45) is 3.52. The minimum absolute atomic E-state index is 0.112. The number of fused-ring (bicyclic) bond motifs is 1. The maximum atomic E-state index is 13.2. The number of carbonyl (C=O) groups is 1. The second-order valence-corrected chi connectivity index (χ2v) is 9.68. The molecule has 1 saturated heterocycles. The third-order valence-corrected chi connectivity index (χ3v) is 7.21. The standard InChI is InChI=1S/C29H31F3N4O/c30-29(31,32)22-9-6-10-23(19-22)35-15-17-36(18-16-35)27-20-25(24-11-4-5-12-26(24)34-27)28(37)33-14-13-21-7-2-1-3-8-21/h4-7,9-12,19-20H,1-3,8,13-18H2,(H,33,37). The van der Waals surface area contributed by atoms with E-state index in [0.717, 1.165) is 36.2 Å². The Balaban J connectivity index is 1.29.